The molecule has 3 aromatic carbocycles. The minimum Gasteiger partial charge on any atom is -0.326 e. The molecule has 3 nitrogen and oxygen atoms in total. The first-order chi connectivity index (χ1) is 12.2. The Hall–Kier alpha value is -2.56. The van der Waals surface area contributed by atoms with Crippen molar-refractivity contribution in [3.63, 3.8) is 0 Å². The number of urea groups is 1. The van der Waals surface area contributed by atoms with Gasteiger partial charge in [0.2, 0.25) is 0 Å². The number of carbonyl (C=O) groups excluding carboxylic acids is 1. The van der Waals surface area contributed by atoms with Crippen molar-refractivity contribution in [2.45, 2.75) is 6.04 Å². The quantitative estimate of drug-likeness (QED) is 0.431. The summed E-state index contributed by atoms with van der Waals surface area (Å²) in [5.41, 5.74) is 1.94. The Kier molecular flexibility index (Phi) is 3.23. The van der Waals surface area contributed by atoms with Crippen molar-refractivity contribution in [3.8, 4) is 0 Å². The van der Waals surface area contributed by atoms with Crippen LogP contribution in [0.2, 0.25) is 5.02 Å². The standard InChI is InChI=1S/C20H13ClN2OS/c21-14-7-8-16-15(10-14)18-19(25-16)17(22-20(24)23-18)13-6-5-11-3-1-2-4-12(11)9-13/h1-10,17H,(H2,22,23,24). The highest BCUT2D eigenvalue weighted by molar-refractivity contribution is 7.20. The monoisotopic (exact) mass is 364 g/mol. The van der Waals surface area contributed by atoms with E-state index in [1.54, 1.807) is 11.3 Å². The van der Waals surface area contributed by atoms with Crippen molar-refractivity contribution < 1.29 is 4.79 Å². The zero-order valence-electron chi connectivity index (χ0n) is 13.0. The predicted molar refractivity (Wildman–Crippen MR) is 105 cm³/mol. The van der Waals surface area contributed by atoms with E-state index in [1.165, 1.54) is 10.8 Å². The molecule has 2 N–H and O–H groups in total. The van der Waals surface area contributed by atoms with Crippen LogP contribution < -0.4 is 10.6 Å². The molecule has 0 bridgehead atoms. The van der Waals surface area contributed by atoms with Crippen LogP contribution in [0.4, 0.5) is 10.5 Å². The van der Waals surface area contributed by atoms with Crippen molar-refractivity contribution >= 4 is 55.5 Å². The minimum absolute atomic E-state index is 0.162. The second-order valence-corrected chi connectivity index (χ2v) is 7.64. The van der Waals surface area contributed by atoms with Gasteiger partial charge in [-0.15, -0.1) is 11.3 Å². The summed E-state index contributed by atoms with van der Waals surface area (Å²) in [5, 5.41) is 10.0. The zero-order valence-corrected chi connectivity index (χ0v) is 14.6. The lowest BCUT2D eigenvalue weighted by atomic mass is 9.99. The number of halogens is 1. The number of hydrogen-bond donors (Lipinski definition) is 2. The van der Waals surface area contributed by atoms with Gasteiger partial charge in [0.1, 0.15) is 0 Å². The SMILES string of the molecule is O=C1Nc2c(sc3ccc(Cl)cc23)C(c2ccc3ccccc3c2)N1. The topological polar surface area (TPSA) is 41.1 Å². The molecule has 1 unspecified atom stereocenters. The number of hydrogen-bond acceptors (Lipinski definition) is 2. The van der Waals surface area contributed by atoms with Crippen molar-refractivity contribution in [1.29, 1.82) is 0 Å². The molecule has 1 aromatic heterocycles. The number of rotatable bonds is 1. The maximum atomic E-state index is 12.2. The van der Waals surface area contributed by atoms with Gasteiger partial charge in [-0.1, -0.05) is 48.0 Å². The van der Waals surface area contributed by atoms with E-state index in [9.17, 15) is 4.79 Å². The maximum absolute atomic E-state index is 12.2. The molecule has 25 heavy (non-hydrogen) atoms. The summed E-state index contributed by atoms with van der Waals surface area (Å²) >= 11 is 7.83. The third kappa shape index (κ3) is 2.37. The number of nitrogens with one attached hydrogen (secondary N) is 2. The highest BCUT2D eigenvalue weighted by Gasteiger charge is 2.29. The molecule has 2 amide bonds. The summed E-state index contributed by atoms with van der Waals surface area (Å²) < 4.78 is 1.11. The number of amides is 2. The van der Waals surface area contributed by atoms with E-state index >= 15 is 0 Å². The van der Waals surface area contributed by atoms with Crippen LogP contribution in [-0.4, -0.2) is 6.03 Å². The fourth-order valence-electron chi connectivity index (χ4n) is 3.39. The Morgan fingerprint density at radius 3 is 2.68 bits per heavy atom. The number of fused-ring (bicyclic) bond motifs is 4. The van der Waals surface area contributed by atoms with E-state index in [2.05, 4.69) is 41.0 Å². The van der Waals surface area contributed by atoms with Crippen LogP contribution in [0.15, 0.2) is 60.7 Å². The van der Waals surface area contributed by atoms with Crippen LogP contribution in [0.3, 0.4) is 0 Å². The Morgan fingerprint density at radius 1 is 0.960 bits per heavy atom. The lowest BCUT2D eigenvalue weighted by Gasteiger charge is -2.25. The number of benzene rings is 3. The fraction of sp³-hybridized carbons (Fsp3) is 0.0500. The van der Waals surface area contributed by atoms with Gasteiger partial charge in [-0.3, -0.25) is 0 Å². The minimum atomic E-state index is -0.190. The van der Waals surface area contributed by atoms with Crippen molar-refractivity contribution in [2.24, 2.45) is 0 Å². The molecular weight excluding hydrogens is 352 g/mol. The molecule has 2 heterocycles. The fourth-order valence-corrected chi connectivity index (χ4v) is 4.78. The molecule has 0 aliphatic carbocycles. The molecule has 1 aliphatic rings. The molecule has 0 spiro atoms. The normalized spacial score (nSPS) is 16.5. The smallest absolute Gasteiger partial charge is 0.320 e. The molecule has 1 aliphatic heterocycles. The first kappa shape index (κ1) is 14.8. The average molecular weight is 365 g/mol. The summed E-state index contributed by atoms with van der Waals surface area (Å²) in [5.74, 6) is 0. The van der Waals surface area contributed by atoms with Crippen LogP contribution in [-0.2, 0) is 0 Å². The molecule has 122 valence electrons. The van der Waals surface area contributed by atoms with Gasteiger partial charge in [-0.05, 0) is 40.6 Å². The van der Waals surface area contributed by atoms with Crippen LogP contribution in [0, 0.1) is 0 Å². The Balaban J connectivity index is 1.72. The molecule has 0 radical (unpaired) electrons. The predicted octanol–water partition coefficient (Wildman–Crippen LogP) is 5.93. The van der Waals surface area contributed by atoms with Gasteiger partial charge in [-0.2, -0.15) is 0 Å². The third-order valence-corrected chi connectivity index (χ3v) is 6.03. The van der Waals surface area contributed by atoms with Crippen molar-refractivity contribution in [1.82, 2.24) is 5.32 Å². The molecule has 0 fully saturated rings. The van der Waals surface area contributed by atoms with Crippen LogP contribution in [0.5, 0.6) is 0 Å². The van der Waals surface area contributed by atoms with Crippen molar-refractivity contribution in [2.75, 3.05) is 5.32 Å². The second-order valence-electron chi connectivity index (χ2n) is 6.12. The number of anilines is 1. The molecular formula is C20H13ClN2OS. The highest BCUT2D eigenvalue weighted by atomic mass is 35.5. The van der Waals surface area contributed by atoms with Gasteiger partial charge >= 0.3 is 6.03 Å². The Morgan fingerprint density at radius 2 is 1.80 bits per heavy atom. The van der Waals surface area contributed by atoms with Gasteiger partial charge in [0, 0.05) is 15.1 Å². The maximum Gasteiger partial charge on any atom is 0.320 e. The average Bonchev–Trinajstić information content (AvgIpc) is 2.98. The van der Waals surface area contributed by atoms with Gasteiger partial charge in [0.15, 0.2) is 0 Å². The van der Waals surface area contributed by atoms with Crippen molar-refractivity contribution in [3.05, 3.63) is 76.1 Å². The zero-order chi connectivity index (χ0) is 17.0. The summed E-state index contributed by atoms with van der Waals surface area (Å²) in [7, 11) is 0. The lowest BCUT2D eigenvalue weighted by molar-refractivity contribution is 0.249. The van der Waals surface area contributed by atoms with Crippen LogP contribution >= 0.6 is 22.9 Å². The molecule has 5 heteroatoms. The molecule has 0 saturated carbocycles. The van der Waals surface area contributed by atoms with E-state index in [0.717, 1.165) is 26.2 Å². The van der Waals surface area contributed by atoms with E-state index in [-0.39, 0.29) is 12.1 Å². The van der Waals surface area contributed by atoms with Gasteiger partial charge in [0.25, 0.3) is 0 Å². The van der Waals surface area contributed by atoms with Gasteiger partial charge < -0.3 is 10.6 Å². The Bertz CT molecular complexity index is 1150. The summed E-state index contributed by atoms with van der Waals surface area (Å²) in [6, 6.07) is 20.0. The molecule has 1 atom stereocenters. The lowest BCUT2D eigenvalue weighted by Crippen LogP contribution is -2.37. The van der Waals surface area contributed by atoms with Crippen LogP contribution in [0.1, 0.15) is 16.5 Å². The molecule has 0 saturated heterocycles. The largest absolute Gasteiger partial charge is 0.326 e. The summed E-state index contributed by atoms with van der Waals surface area (Å²) in [6.07, 6.45) is 0. The second kappa shape index (κ2) is 5.48. The summed E-state index contributed by atoms with van der Waals surface area (Å²) in [4.78, 5) is 13.4. The van der Waals surface area contributed by atoms with E-state index < -0.39 is 0 Å². The number of thiophene rings is 1. The van der Waals surface area contributed by atoms with Crippen LogP contribution in [0.25, 0.3) is 20.9 Å². The summed E-state index contributed by atoms with van der Waals surface area (Å²) in [6.45, 7) is 0. The van der Waals surface area contributed by atoms with E-state index in [4.69, 9.17) is 11.6 Å². The highest BCUT2D eigenvalue weighted by Crippen LogP contribution is 2.44. The van der Waals surface area contributed by atoms with Gasteiger partial charge in [0.05, 0.1) is 16.6 Å². The molecule has 5 rings (SSSR count). The van der Waals surface area contributed by atoms with E-state index in [1.807, 2.05) is 30.3 Å². The first-order valence-corrected chi connectivity index (χ1v) is 9.17. The van der Waals surface area contributed by atoms with E-state index in [0.29, 0.717) is 5.02 Å². The molecule has 4 aromatic rings. The third-order valence-electron chi connectivity index (χ3n) is 4.56. The first-order valence-electron chi connectivity index (χ1n) is 7.97. The van der Waals surface area contributed by atoms with Gasteiger partial charge in [-0.25, -0.2) is 4.79 Å². The Labute approximate surface area is 153 Å². The number of carbonyl (C=O) groups is 1.